The van der Waals surface area contributed by atoms with Gasteiger partial charge >= 0.3 is 0 Å². The highest BCUT2D eigenvalue weighted by Gasteiger charge is 2.30. The monoisotopic (exact) mass is 281 g/mol. The fraction of sp³-hybridized carbons (Fsp3) is 0.389. The molecule has 0 amide bonds. The van der Waals surface area contributed by atoms with Crippen molar-refractivity contribution in [1.29, 1.82) is 0 Å². The molecule has 2 atom stereocenters. The minimum Gasteiger partial charge on any atom is -0.323 e. The first kappa shape index (κ1) is 14.2. The highest BCUT2D eigenvalue weighted by Crippen LogP contribution is 2.31. The van der Waals surface area contributed by atoms with Crippen LogP contribution in [0.15, 0.2) is 48.8 Å². The van der Waals surface area contributed by atoms with Gasteiger partial charge in [-0.3, -0.25) is 9.88 Å². The first-order chi connectivity index (χ1) is 10.3. The van der Waals surface area contributed by atoms with Gasteiger partial charge in [-0.1, -0.05) is 31.2 Å². The zero-order chi connectivity index (χ0) is 14.7. The molecular formula is C18H23N3. The van der Waals surface area contributed by atoms with Crippen LogP contribution in [0, 0.1) is 0 Å². The van der Waals surface area contributed by atoms with Gasteiger partial charge in [0.25, 0.3) is 0 Å². The topological polar surface area (TPSA) is 42.2 Å². The van der Waals surface area contributed by atoms with Crippen LogP contribution in [-0.4, -0.2) is 22.5 Å². The Morgan fingerprint density at radius 3 is 2.71 bits per heavy atom. The lowest BCUT2D eigenvalue weighted by molar-refractivity contribution is 0.155. The van der Waals surface area contributed by atoms with Gasteiger partial charge in [0, 0.05) is 31.0 Å². The normalized spacial score (nSPS) is 21.3. The van der Waals surface area contributed by atoms with Gasteiger partial charge in [0.1, 0.15) is 0 Å². The molecule has 0 bridgehead atoms. The third-order valence-electron chi connectivity index (χ3n) is 4.55. The molecule has 1 aliphatic carbocycles. The minimum absolute atomic E-state index is 0.108. The van der Waals surface area contributed by atoms with E-state index in [0.717, 1.165) is 25.9 Å². The molecule has 1 aromatic heterocycles. The molecule has 1 heterocycles. The smallest absolute Gasteiger partial charge is 0.0456 e. The Labute approximate surface area is 126 Å². The van der Waals surface area contributed by atoms with Crippen molar-refractivity contribution in [2.45, 2.75) is 38.4 Å². The van der Waals surface area contributed by atoms with E-state index < -0.39 is 0 Å². The molecule has 3 rings (SSSR count). The molecule has 0 radical (unpaired) electrons. The maximum Gasteiger partial charge on any atom is 0.0456 e. The van der Waals surface area contributed by atoms with E-state index in [4.69, 9.17) is 5.73 Å². The van der Waals surface area contributed by atoms with E-state index >= 15 is 0 Å². The van der Waals surface area contributed by atoms with Crippen LogP contribution in [0.4, 0.5) is 0 Å². The molecule has 0 spiro atoms. The third-order valence-corrected chi connectivity index (χ3v) is 4.55. The standard InChI is InChI=1S/C18H23N3/c1-2-21(13-14-9-11-20-12-10-14)17-8-7-15-5-3-4-6-16(15)18(17)19/h3-6,9-12,17-18H,2,7-8,13,19H2,1H3. The summed E-state index contributed by atoms with van der Waals surface area (Å²) in [6.07, 6.45) is 5.98. The predicted octanol–water partition coefficient (Wildman–Crippen LogP) is 2.92. The van der Waals surface area contributed by atoms with Gasteiger partial charge in [0.2, 0.25) is 0 Å². The lowest BCUT2D eigenvalue weighted by Crippen LogP contribution is -2.45. The maximum absolute atomic E-state index is 6.57. The van der Waals surface area contributed by atoms with Crippen molar-refractivity contribution in [3.63, 3.8) is 0 Å². The number of fused-ring (bicyclic) bond motifs is 1. The van der Waals surface area contributed by atoms with Crippen molar-refractivity contribution in [2.75, 3.05) is 6.54 Å². The SMILES string of the molecule is CCN(Cc1ccncc1)C1CCc2ccccc2C1N. The van der Waals surface area contributed by atoms with Gasteiger partial charge in [-0.05, 0) is 48.2 Å². The number of nitrogens with zero attached hydrogens (tertiary/aromatic N) is 2. The number of likely N-dealkylation sites (N-methyl/N-ethyl adjacent to an activating group) is 1. The summed E-state index contributed by atoms with van der Waals surface area (Å²) in [4.78, 5) is 6.59. The van der Waals surface area contributed by atoms with Gasteiger partial charge in [0.05, 0.1) is 0 Å². The molecule has 3 nitrogen and oxygen atoms in total. The molecule has 0 saturated carbocycles. The number of aromatic nitrogens is 1. The van der Waals surface area contributed by atoms with E-state index in [9.17, 15) is 0 Å². The number of nitrogens with two attached hydrogens (primary N) is 1. The second kappa shape index (κ2) is 6.37. The summed E-state index contributed by atoms with van der Waals surface area (Å²) in [6, 6.07) is 13.3. The Kier molecular flexibility index (Phi) is 4.32. The van der Waals surface area contributed by atoms with E-state index in [1.165, 1.54) is 16.7 Å². The molecule has 1 aliphatic rings. The Hall–Kier alpha value is -1.71. The zero-order valence-electron chi connectivity index (χ0n) is 12.6. The average Bonchev–Trinajstić information content (AvgIpc) is 2.55. The van der Waals surface area contributed by atoms with Gasteiger partial charge in [-0.15, -0.1) is 0 Å². The van der Waals surface area contributed by atoms with Crippen LogP contribution >= 0.6 is 0 Å². The predicted molar refractivity (Wildman–Crippen MR) is 85.8 cm³/mol. The van der Waals surface area contributed by atoms with Crippen LogP contribution in [0.25, 0.3) is 0 Å². The largest absolute Gasteiger partial charge is 0.323 e. The zero-order valence-corrected chi connectivity index (χ0v) is 12.6. The average molecular weight is 281 g/mol. The van der Waals surface area contributed by atoms with Crippen LogP contribution in [0.5, 0.6) is 0 Å². The van der Waals surface area contributed by atoms with Crippen LogP contribution in [0.3, 0.4) is 0 Å². The maximum atomic E-state index is 6.57. The lowest BCUT2D eigenvalue weighted by atomic mass is 9.83. The fourth-order valence-corrected chi connectivity index (χ4v) is 3.37. The second-order valence-corrected chi connectivity index (χ2v) is 5.75. The molecule has 1 aromatic carbocycles. The highest BCUT2D eigenvalue weighted by molar-refractivity contribution is 5.33. The molecule has 2 aromatic rings. The summed E-state index contributed by atoms with van der Waals surface area (Å²) in [5, 5.41) is 0. The second-order valence-electron chi connectivity index (χ2n) is 5.75. The van der Waals surface area contributed by atoms with E-state index in [1.807, 2.05) is 12.4 Å². The number of hydrogen-bond donors (Lipinski definition) is 1. The van der Waals surface area contributed by atoms with Crippen LogP contribution < -0.4 is 5.73 Å². The van der Waals surface area contributed by atoms with Crippen LogP contribution in [0.1, 0.15) is 36.1 Å². The first-order valence-corrected chi connectivity index (χ1v) is 7.76. The molecule has 2 unspecified atom stereocenters. The first-order valence-electron chi connectivity index (χ1n) is 7.76. The number of hydrogen-bond acceptors (Lipinski definition) is 3. The van der Waals surface area contributed by atoms with Crippen LogP contribution in [-0.2, 0) is 13.0 Å². The molecule has 0 fully saturated rings. The summed E-state index contributed by atoms with van der Waals surface area (Å²) in [7, 11) is 0. The lowest BCUT2D eigenvalue weighted by Gasteiger charge is -2.39. The van der Waals surface area contributed by atoms with Crippen LogP contribution in [0.2, 0.25) is 0 Å². The molecule has 21 heavy (non-hydrogen) atoms. The van der Waals surface area contributed by atoms with Crippen molar-refractivity contribution in [2.24, 2.45) is 5.73 Å². The molecule has 110 valence electrons. The fourth-order valence-electron chi connectivity index (χ4n) is 3.37. The van der Waals surface area contributed by atoms with Crippen molar-refractivity contribution in [3.05, 3.63) is 65.5 Å². The van der Waals surface area contributed by atoms with Crippen molar-refractivity contribution < 1.29 is 0 Å². The minimum atomic E-state index is 0.108. The van der Waals surface area contributed by atoms with E-state index in [0.29, 0.717) is 6.04 Å². The Balaban J connectivity index is 1.79. The molecule has 3 heteroatoms. The number of pyridine rings is 1. The third kappa shape index (κ3) is 2.99. The number of benzene rings is 1. The van der Waals surface area contributed by atoms with Crippen molar-refractivity contribution in [3.8, 4) is 0 Å². The number of aryl methyl sites for hydroxylation is 1. The van der Waals surface area contributed by atoms with E-state index in [-0.39, 0.29) is 6.04 Å². The Morgan fingerprint density at radius 1 is 1.19 bits per heavy atom. The summed E-state index contributed by atoms with van der Waals surface area (Å²) in [5.41, 5.74) is 10.6. The molecular weight excluding hydrogens is 258 g/mol. The Morgan fingerprint density at radius 2 is 1.95 bits per heavy atom. The van der Waals surface area contributed by atoms with E-state index in [1.54, 1.807) is 0 Å². The summed E-state index contributed by atoms with van der Waals surface area (Å²) in [5.74, 6) is 0. The van der Waals surface area contributed by atoms with Gasteiger partial charge in [0.15, 0.2) is 0 Å². The quantitative estimate of drug-likeness (QED) is 0.937. The Bertz CT molecular complexity index is 582. The van der Waals surface area contributed by atoms with Crippen molar-refractivity contribution in [1.82, 2.24) is 9.88 Å². The molecule has 2 N–H and O–H groups in total. The summed E-state index contributed by atoms with van der Waals surface area (Å²) >= 11 is 0. The molecule has 0 saturated heterocycles. The van der Waals surface area contributed by atoms with Gasteiger partial charge < -0.3 is 5.73 Å². The van der Waals surface area contributed by atoms with Gasteiger partial charge in [-0.25, -0.2) is 0 Å². The highest BCUT2D eigenvalue weighted by atomic mass is 15.2. The van der Waals surface area contributed by atoms with Gasteiger partial charge in [-0.2, -0.15) is 0 Å². The summed E-state index contributed by atoms with van der Waals surface area (Å²) in [6.45, 7) is 4.18. The van der Waals surface area contributed by atoms with E-state index in [2.05, 4.69) is 53.2 Å². The van der Waals surface area contributed by atoms with Crippen molar-refractivity contribution >= 4 is 0 Å². The molecule has 0 aliphatic heterocycles. The summed E-state index contributed by atoms with van der Waals surface area (Å²) < 4.78 is 0. The number of rotatable bonds is 4.